The van der Waals surface area contributed by atoms with E-state index in [-0.39, 0.29) is 11.6 Å². The van der Waals surface area contributed by atoms with Crippen molar-refractivity contribution >= 4 is 11.9 Å². The average molecular weight is 283 g/mol. The summed E-state index contributed by atoms with van der Waals surface area (Å²) in [6, 6.07) is 0. The second kappa shape index (κ2) is 8.26. The number of rotatable bonds is 9. The second-order valence-electron chi connectivity index (χ2n) is 4.87. The number of hydrogen-bond acceptors (Lipinski definition) is 5. The van der Waals surface area contributed by atoms with Gasteiger partial charge in [0.25, 0.3) is 0 Å². The third kappa shape index (κ3) is 6.28. The number of aromatic carboxylic acids is 1. The number of carboxylic acid groups (broad SMARTS) is 1. The van der Waals surface area contributed by atoms with Gasteiger partial charge in [0.1, 0.15) is 0 Å². The number of carbonyl (C=O) groups excluding carboxylic acids is 1. The van der Waals surface area contributed by atoms with Crippen LogP contribution in [0.15, 0.2) is 6.20 Å². The van der Waals surface area contributed by atoms with E-state index < -0.39 is 5.97 Å². The van der Waals surface area contributed by atoms with Crippen molar-refractivity contribution < 1.29 is 14.7 Å². The zero-order valence-corrected chi connectivity index (χ0v) is 11.8. The molecule has 1 aromatic rings. The molecule has 0 aliphatic carbocycles. The van der Waals surface area contributed by atoms with Crippen LogP contribution in [0, 0.1) is 5.92 Å². The highest BCUT2D eigenvalue weighted by atomic mass is 16.4. The predicted molar refractivity (Wildman–Crippen MR) is 72.3 cm³/mol. The molecule has 1 rings (SSSR count). The molecule has 0 spiro atoms. The molecular formula is C12H21N5O3. The maximum Gasteiger partial charge on any atom is 0.358 e. The van der Waals surface area contributed by atoms with Crippen LogP contribution in [0.2, 0.25) is 0 Å². The molecule has 0 fully saturated rings. The van der Waals surface area contributed by atoms with Gasteiger partial charge in [0.2, 0.25) is 5.91 Å². The fraction of sp³-hybridized carbons (Fsp3) is 0.667. The lowest BCUT2D eigenvalue weighted by Crippen LogP contribution is -2.31. The molecule has 0 saturated carbocycles. The van der Waals surface area contributed by atoms with Gasteiger partial charge in [0, 0.05) is 26.1 Å². The molecule has 8 nitrogen and oxygen atoms in total. The zero-order chi connectivity index (χ0) is 15.0. The highest BCUT2D eigenvalue weighted by Gasteiger charge is 2.07. The summed E-state index contributed by atoms with van der Waals surface area (Å²) in [5, 5.41) is 21.8. The molecule has 8 heteroatoms. The molecular weight excluding hydrogens is 262 g/mol. The topological polar surface area (TPSA) is 109 Å². The summed E-state index contributed by atoms with van der Waals surface area (Å²) in [5.41, 5.74) is -0.0712. The van der Waals surface area contributed by atoms with Crippen molar-refractivity contribution in [3.05, 3.63) is 11.9 Å². The minimum atomic E-state index is -1.09. The Kier molecular flexibility index (Phi) is 6.65. The maximum absolute atomic E-state index is 11.4. The Balaban J connectivity index is 2.09. The summed E-state index contributed by atoms with van der Waals surface area (Å²) < 4.78 is 1.45. The first kappa shape index (κ1) is 16.1. The minimum Gasteiger partial charge on any atom is -0.476 e. The number of amides is 1. The summed E-state index contributed by atoms with van der Waals surface area (Å²) in [6.07, 6.45) is 1.80. The standard InChI is InChI=1S/C12H21N5O3/c1-9(2)7-14-11(18)3-4-13-5-6-17-8-10(12(19)20)15-16-17/h8-9,13H,3-7H2,1-2H3,(H,14,18)(H,19,20). The van der Waals surface area contributed by atoms with Crippen molar-refractivity contribution in [2.45, 2.75) is 26.8 Å². The molecule has 0 saturated heterocycles. The van der Waals surface area contributed by atoms with Gasteiger partial charge in [0.05, 0.1) is 12.7 Å². The van der Waals surface area contributed by atoms with Crippen molar-refractivity contribution in [1.29, 1.82) is 0 Å². The van der Waals surface area contributed by atoms with Crippen LogP contribution in [-0.4, -0.2) is 51.6 Å². The molecule has 0 aromatic carbocycles. The van der Waals surface area contributed by atoms with Gasteiger partial charge in [0.15, 0.2) is 5.69 Å². The van der Waals surface area contributed by atoms with Crippen LogP contribution < -0.4 is 10.6 Å². The average Bonchev–Trinajstić information content (AvgIpc) is 2.85. The molecule has 0 aliphatic rings. The number of nitrogens with zero attached hydrogens (tertiary/aromatic N) is 3. The summed E-state index contributed by atoms with van der Waals surface area (Å²) in [4.78, 5) is 22.0. The minimum absolute atomic E-state index is 0.0279. The Morgan fingerprint density at radius 3 is 2.75 bits per heavy atom. The molecule has 20 heavy (non-hydrogen) atoms. The van der Waals surface area contributed by atoms with Gasteiger partial charge in [-0.2, -0.15) is 0 Å². The van der Waals surface area contributed by atoms with Crippen molar-refractivity contribution in [3.63, 3.8) is 0 Å². The fourth-order valence-electron chi connectivity index (χ4n) is 1.43. The van der Waals surface area contributed by atoms with E-state index in [9.17, 15) is 9.59 Å². The smallest absolute Gasteiger partial charge is 0.358 e. The van der Waals surface area contributed by atoms with E-state index in [2.05, 4.69) is 20.9 Å². The van der Waals surface area contributed by atoms with E-state index in [1.165, 1.54) is 10.9 Å². The Hall–Kier alpha value is -1.96. The third-order valence-corrected chi connectivity index (χ3v) is 2.51. The van der Waals surface area contributed by atoms with Crippen LogP contribution in [0.25, 0.3) is 0 Å². The van der Waals surface area contributed by atoms with E-state index in [1.807, 2.05) is 13.8 Å². The first-order valence-corrected chi connectivity index (χ1v) is 6.60. The number of carbonyl (C=O) groups is 2. The predicted octanol–water partition coefficient (Wildman–Crippen LogP) is -0.272. The van der Waals surface area contributed by atoms with Crippen molar-refractivity contribution in [3.8, 4) is 0 Å². The number of nitrogens with one attached hydrogen (secondary N) is 2. The molecule has 1 heterocycles. The molecule has 0 atom stereocenters. The first-order chi connectivity index (χ1) is 9.49. The summed E-state index contributed by atoms with van der Waals surface area (Å²) in [6.45, 7) is 6.46. The van der Waals surface area contributed by atoms with E-state index in [1.54, 1.807) is 0 Å². The Labute approximate surface area is 117 Å². The van der Waals surface area contributed by atoms with Gasteiger partial charge in [-0.1, -0.05) is 19.1 Å². The fourth-order valence-corrected chi connectivity index (χ4v) is 1.43. The van der Waals surface area contributed by atoms with Gasteiger partial charge in [-0.3, -0.25) is 9.48 Å². The number of hydrogen-bond donors (Lipinski definition) is 3. The van der Waals surface area contributed by atoms with E-state index in [4.69, 9.17) is 5.11 Å². The molecule has 0 unspecified atom stereocenters. The van der Waals surface area contributed by atoms with Crippen LogP contribution in [0.3, 0.4) is 0 Å². The monoisotopic (exact) mass is 283 g/mol. The summed E-state index contributed by atoms with van der Waals surface area (Å²) in [5.74, 6) is -0.617. The number of aromatic nitrogens is 3. The van der Waals surface area contributed by atoms with E-state index >= 15 is 0 Å². The maximum atomic E-state index is 11.4. The van der Waals surface area contributed by atoms with Crippen molar-refractivity contribution in [2.24, 2.45) is 5.92 Å². The molecule has 1 amide bonds. The highest BCUT2D eigenvalue weighted by molar-refractivity contribution is 5.84. The van der Waals surface area contributed by atoms with Crippen molar-refractivity contribution in [1.82, 2.24) is 25.6 Å². The Morgan fingerprint density at radius 2 is 2.15 bits per heavy atom. The molecule has 0 bridgehead atoms. The molecule has 1 aromatic heterocycles. The zero-order valence-electron chi connectivity index (χ0n) is 11.8. The summed E-state index contributed by atoms with van der Waals surface area (Å²) in [7, 11) is 0. The molecule has 112 valence electrons. The lowest BCUT2D eigenvalue weighted by atomic mass is 10.2. The van der Waals surface area contributed by atoms with Crippen LogP contribution in [0.1, 0.15) is 30.8 Å². The Bertz CT molecular complexity index is 444. The molecule has 0 aliphatic heterocycles. The van der Waals surface area contributed by atoms with Crippen LogP contribution in [0.5, 0.6) is 0 Å². The second-order valence-corrected chi connectivity index (χ2v) is 4.87. The van der Waals surface area contributed by atoms with Gasteiger partial charge in [-0.05, 0) is 5.92 Å². The quantitative estimate of drug-likeness (QED) is 0.538. The van der Waals surface area contributed by atoms with Gasteiger partial charge in [-0.25, -0.2) is 4.79 Å². The van der Waals surface area contributed by atoms with Gasteiger partial charge < -0.3 is 15.7 Å². The SMILES string of the molecule is CC(C)CNC(=O)CCNCCn1cc(C(=O)O)nn1. The van der Waals surface area contributed by atoms with E-state index in [0.717, 1.165) is 0 Å². The largest absolute Gasteiger partial charge is 0.476 e. The lowest BCUT2D eigenvalue weighted by Gasteiger charge is -2.08. The van der Waals surface area contributed by atoms with Gasteiger partial charge in [-0.15, -0.1) is 5.10 Å². The van der Waals surface area contributed by atoms with Crippen LogP contribution in [0.4, 0.5) is 0 Å². The van der Waals surface area contributed by atoms with Crippen LogP contribution in [-0.2, 0) is 11.3 Å². The lowest BCUT2D eigenvalue weighted by molar-refractivity contribution is -0.121. The first-order valence-electron chi connectivity index (χ1n) is 6.60. The van der Waals surface area contributed by atoms with Crippen LogP contribution >= 0.6 is 0 Å². The van der Waals surface area contributed by atoms with Crippen molar-refractivity contribution in [2.75, 3.05) is 19.6 Å². The third-order valence-electron chi connectivity index (χ3n) is 2.51. The summed E-state index contributed by atoms with van der Waals surface area (Å²) >= 11 is 0. The number of carboxylic acids is 1. The Morgan fingerprint density at radius 1 is 1.40 bits per heavy atom. The van der Waals surface area contributed by atoms with Gasteiger partial charge >= 0.3 is 5.97 Å². The normalized spacial score (nSPS) is 10.8. The highest BCUT2D eigenvalue weighted by Crippen LogP contribution is 1.92. The van der Waals surface area contributed by atoms with E-state index in [0.29, 0.717) is 38.5 Å². The molecule has 0 radical (unpaired) electrons. The molecule has 3 N–H and O–H groups in total.